The van der Waals surface area contributed by atoms with Crippen molar-refractivity contribution in [1.82, 2.24) is 15.0 Å². The van der Waals surface area contributed by atoms with Gasteiger partial charge in [0.05, 0.1) is 53.1 Å². The van der Waals surface area contributed by atoms with Crippen LogP contribution in [0.4, 0.5) is 42.8 Å². The van der Waals surface area contributed by atoms with Gasteiger partial charge in [-0.15, -0.1) is 0 Å². The lowest BCUT2D eigenvalue weighted by Crippen LogP contribution is -2.45. The fourth-order valence-corrected chi connectivity index (χ4v) is 4.76. The van der Waals surface area contributed by atoms with E-state index >= 15 is 0 Å². The fraction of sp³-hybridized carbons (Fsp3) is 0.370. The zero-order chi connectivity index (χ0) is 31.5. The molecule has 0 saturated carbocycles. The van der Waals surface area contributed by atoms with Gasteiger partial charge in [-0.3, -0.25) is 4.90 Å². The number of fused-ring (bicyclic) bond motifs is 1. The van der Waals surface area contributed by atoms with Crippen molar-refractivity contribution < 1.29 is 46.1 Å². The van der Waals surface area contributed by atoms with Gasteiger partial charge in [0.25, 0.3) is 0 Å². The number of carboxylic acid groups (broad SMARTS) is 1. The quantitative estimate of drug-likeness (QED) is 0.279. The summed E-state index contributed by atoms with van der Waals surface area (Å²) < 4.78 is 86.3. The summed E-state index contributed by atoms with van der Waals surface area (Å²) in [5.41, 5.74) is -2.66. The number of alkyl halides is 6. The van der Waals surface area contributed by atoms with E-state index in [1.807, 2.05) is 0 Å². The molecule has 3 N–H and O–H groups in total. The SMILES string of the molecule is CC[C@@H]1C[C@H](Nc2ncc(OCCO)c(Cc3cc(C#N)cc(C(F)(F)F)c3)n2)c2nc(C(F)(F)F)ccc2N1C(=O)O. The van der Waals surface area contributed by atoms with Crippen molar-refractivity contribution in [1.29, 1.82) is 5.26 Å². The molecule has 3 aromatic rings. The highest BCUT2D eigenvalue weighted by atomic mass is 19.4. The van der Waals surface area contributed by atoms with Crippen LogP contribution in [0.5, 0.6) is 5.75 Å². The first-order valence-electron chi connectivity index (χ1n) is 12.8. The largest absolute Gasteiger partial charge is 0.488 e. The molecule has 1 amide bonds. The molecule has 0 bridgehead atoms. The van der Waals surface area contributed by atoms with E-state index in [0.717, 1.165) is 17.0 Å². The Labute approximate surface area is 240 Å². The van der Waals surface area contributed by atoms with Crippen molar-refractivity contribution in [2.75, 3.05) is 23.4 Å². The van der Waals surface area contributed by atoms with Crippen LogP contribution >= 0.6 is 0 Å². The van der Waals surface area contributed by atoms with E-state index in [2.05, 4.69) is 20.3 Å². The minimum absolute atomic E-state index is 0.00469. The van der Waals surface area contributed by atoms with E-state index in [4.69, 9.17) is 4.74 Å². The molecule has 4 rings (SSSR count). The number of aliphatic hydroxyl groups excluding tert-OH is 1. The number of hydrogen-bond acceptors (Lipinski definition) is 8. The monoisotopic (exact) mass is 610 g/mol. The normalized spacial score (nSPS) is 16.8. The second-order valence-electron chi connectivity index (χ2n) is 9.53. The molecular weight excluding hydrogens is 586 g/mol. The topological polar surface area (TPSA) is 144 Å². The molecule has 0 saturated heterocycles. The van der Waals surface area contributed by atoms with E-state index in [1.54, 1.807) is 13.0 Å². The van der Waals surface area contributed by atoms with E-state index < -0.39 is 48.4 Å². The Morgan fingerprint density at radius 1 is 1.16 bits per heavy atom. The standard InChI is InChI=1S/C27H24F6N6O4/c1-2-17-11-19(23-20(39(17)25(41)42)3-4-22(38-23)27(31,32)33)37-24-35-13-21(43-6-5-40)18(36-24)10-14-7-15(12-34)9-16(8-14)26(28,29)30/h3-4,7-9,13,17,19,40H,2,5-6,10-11H2,1H3,(H,41,42)(H,35,36,37)/t17-,19+/m1/s1. The number of anilines is 2. The predicted molar refractivity (Wildman–Crippen MR) is 138 cm³/mol. The number of rotatable bonds is 8. The van der Waals surface area contributed by atoms with Crippen LogP contribution in [0.3, 0.4) is 0 Å². The molecule has 3 heterocycles. The van der Waals surface area contributed by atoms with Gasteiger partial charge in [-0.2, -0.15) is 31.6 Å². The maximum atomic E-state index is 13.5. The fourth-order valence-electron chi connectivity index (χ4n) is 4.76. The lowest BCUT2D eigenvalue weighted by atomic mass is 9.93. The van der Waals surface area contributed by atoms with Gasteiger partial charge in [-0.05, 0) is 48.7 Å². The first-order chi connectivity index (χ1) is 20.2. The Kier molecular flexibility index (Phi) is 8.95. The van der Waals surface area contributed by atoms with Gasteiger partial charge < -0.3 is 20.3 Å². The minimum Gasteiger partial charge on any atom is -0.488 e. The van der Waals surface area contributed by atoms with E-state index in [0.29, 0.717) is 18.6 Å². The Morgan fingerprint density at radius 2 is 1.91 bits per heavy atom. The van der Waals surface area contributed by atoms with Crippen LogP contribution < -0.4 is 15.0 Å². The third-order valence-electron chi connectivity index (χ3n) is 6.64. The van der Waals surface area contributed by atoms with Gasteiger partial charge in [-0.1, -0.05) is 6.92 Å². The van der Waals surface area contributed by atoms with Crippen molar-refractivity contribution >= 4 is 17.7 Å². The highest BCUT2D eigenvalue weighted by Gasteiger charge is 2.40. The van der Waals surface area contributed by atoms with Gasteiger partial charge in [0, 0.05) is 12.5 Å². The number of ether oxygens (including phenoxy) is 1. The lowest BCUT2D eigenvalue weighted by molar-refractivity contribution is -0.141. The summed E-state index contributed by atoms with van der Waals surface area (Å²) in [6, 6.07) is 4.58. The van der Waals surface area contributed by atoms with Crippen LogP contribution in [0, 0.1) is 11.3 Å². The van der Waals surface area contributed by atoms with Gasteiger partial charge in [0.2, 0.25) is 5.95 Å². The van der Waals surface area contributed by atoms with E-state index in [1.165, 1.54) is 12.3 Å². The highest BCUT2D eigenvalue weighted by molar-refractivity contribution is 5.88. The zero-order valence-electron chi connectivity index (χ0n) is 22.4. The number of benzene rings is 1. The Bertz CT molecular complexity index is 1540. The Balaban J connectivity index is 1.76. The third kappa shape index (κ3) is 7.05. The first-order valence-corrected chi connectivity index (χ1v) is 12.8. The molecule has 0 spiro atoms. The first kappa shape index (κ1) is 31.3. The predicted octanol–water partition coefficient (Wildman–Crippen LogP) is 5.56. The molecule has 10 nitrogen and oxygen atoms in total. The van der Waals surface area contributed by atoms with Crippen LogP contribution in [0.2, 0.25) is 0 Å². The average molecular weight is 611 g/mol. The van der Waals surface area contributed by atoms with Crippen LogP contribution in [0.1, 0.15) is 59.6 Å². The summed E-state index contributed by atoms with van der Waals surface area (Å²) in [7, 11) is 0. The molecule has 2 atom stereocenters. The minimum atomic E-state index is -4.81. The molecule has 16 heteroatoms. The molecule has 1 aliphatic rings. The molecule has 0 aliphatic carbocycles. The number of pyridine rings is 1. The number of nitrogens with zero attached hydrogens (tertiary/aromatic N) is 5. The lowest BCUT2D eigenvalue weighted by Gasteiger charge is -2.38. The van der Waals surface area contributed by atoms with Gasteiger partial charge in [0.15, 0.2) is 5.75 Å². The molecule has 0 unspecified atom stereocenters. The molecule has 2 aromatic heterocycles. The van der Waals surface area contributed by atoms with Gasteiger partial charge >= 0.3 is 18.4 Å². The number of aliphatic hydroxyl groups is 1. The molecule has 1 aromatic carbocycles. The van der Waals surface area contributed by atoms with Crippen molar-refractivity contribution in [2.45, 2.75) is 50.6 Å². The highest BCUT2D eigenvalue weighted by Crippen LogP contribution is 2.41. The number of carbonyl (C=O) groups is 1. The molecule has 228 valence electrons. The molecule has 1 aliphatic heterocycles. The summed E-state index contributed by atoms with van der Waals surface area (Å²) in [5.74, 6) is -0.131. The van der Waals surface area contributed by atoms with Crippen molar-refractivity contribution in [2.24, 2.45) is 0 Å². The van der Waals surface area contributed by atoms with Gasteiger partial charge in [-0.25, -0.2) is 19.7 Å². The Morgan fingerprint density at radius 3 is 2.51 bits per heavy atom. The molecule has 0 radical (unpaired) electrons. The number of aromatic nitrogens is 3. The van der Waals surface area contributed by atoms with Crippen molar-refractivity contribution in [3.8, 4) is 11.8 Å². The summed E-state index contributed by atoms with van der Waals surface area (Å²) in [6.07, 6.45) is -9.66. The number of nitriles is 1. The Hall–Kier alpha value is -4.65. The number of nitrogens with one attached hydrogen (secondary N) is 1. The van der Waals surface area contributed by atoms with E-state index in [9.17, 15) is 46.6 Å². The summed E-state index contributed by atoms with van der Waals surface area (Å²) in [5, 5.41) is 31.1. The van der Waals surface area contributed by atoms with Crippen LogP contribution in [0.15, 0.2) is 36.5 Å². The zero-order valence-corrected chi connectivity index (χ0v) is 22.4. The van der Waals surface area contributed by atoms with Crippen molar-refractivity contribution in [3.63, 3.8) is 0 Å². The molecule has 43 heavy (non-hydrogen) atoms. The maximum absolute atomic E-state index is 13.5. The summed E-state index contributed by atoms with van der Waals surface area (Å²) in [4.78, 5) is 25.2. The third-order valence-corrected chi connectivity index (χ3v) is 6.64. The number of amides is 1. The van der Waals surface area contributed by atoms with Crippen LogP contribution in [-0.2, 0) is 18.8 Å². The maximum Gasteiger partial charge on any atom is 0.433 e. The van der Waals surface area contributed by atoms with Crippen LogP contribution in [-0.4, -0.2) is 50.5 Å². The van der Waals surface area contributed by atoms with E-state index in [-0.39, 0.29) is 59.3 Å². The summed E-state index contributed by atoms with van der Waals surface area (Å²) in [6.45, 7) is 1.12. The number of hydrogen-bond donors (Lipinski definition) is 3. The molecule has 0 fully saturated rings. The second-order valence-corrected chi connectivity index (χ2v) is 9.53. The van der Waals surface area contributed by atoms with Gasteiger partial charge in [0.1, 0.15) is 12.3 Å². The van der Waals surface area contributed by atoms with Crippen molar-refractivity contribution in [3.05, 3.63) is 70.3 Å². The molecular formula is C27H24F6N6O4. The summed E-state index contributed by atoms with van der Waals surface area (Å²) >= 11 is 0. The van der Waals surface area contributed by atoms with Crippen LogP contribution in [0.25, 0.3) is 0 Å². The smallest absolute Gasteiger partial charge is 0.433 e. The second kappa shape index (κ2) is 12.3. The number of halogens is 6. The average Bonchev–Trinajstić information content (AvgIpc) is 2.94.